The fourth-order valence-corrected chi connectivity index (χ4v) is 0.863. The van der Waals surface area contributed by atoms with Gasteiger partial charge in [0.2, 0.25) is 0 Å². The molecule has 0 radical (unpaired) electrons. The van der Waals surface area contributed by atoms with Crippen LogP contribution < -0.4 is 0 Å². The number of aromatic nitrogens is 1. The molecule has 0 aliphatic rings. The molecule has 3 nitrogen and oxygen atoms in total. The Hall–Kier alpha value is -0.830. The molecule has 10 heavy (non-hydrogen) atoms. The van der Waals surface area contributed by atoms with Crippen molar-refractivity contribution in [1.82, 2.24) is 4.98 Å². The minimum Gasteiger partial charge on any atom is -0.432 e. The molecule has 1 rings (SSSR count). The van der Waals surface area contributed by atoms with E-state index in [-0.39, 0.29) is 5.35 Å². The Morgan fingerprint density at radius 1 is 1.80 bits per heavy atom. The summed E-state index contributed by atoms with van der Waals surface area (Å²) in [7, 11) is 0. The monoisotopic (exact) mass is 159 g/mol. The van der Waals surface area contributed by atoms with Crippen LogP contribution in [-0.4, -0.2) is 11.3 Å². The molecule has 1 heterocycles. The van der Waals surface area contributed by atoms with Gasteiger partial charge in [-0.25, -0.2) is 0 Å². The molecule has 1 aromatic rings. The van der Waals surface area contributed by atoms with Crippen LogP contribution >= 0.6 is 11.6 Å². The first-order valence-electron chi connectivity index (χ1n) is 2.88. The van der Waals surface area contributed by atoms with Crippen LogP contribution in [0.4, 0.5) is 0 Å². The molecule has 4 heteroatoms. The van der Waals surface area contributed by atoms with E-state index in [1.54, 1.807) is 0 Å². The van der Waals surface area contributed by atoms with Gasteiger partial charge in [-0.1, -0.05) is 6.92 Å². The highest BCUT2D eigenvalue weighted by Gasteiger charge is 2.07. The quantitative estimate of drug-likeness (QED) is 0.617. The molecule has 0 saturated carbocycles. The third kappa shape index (κ3) is 1.19. The van der Waals surface area contributed by atoms with Crippen molar-refractivity contribution < 1.29 is 9.21 Å². The van der Waals surface area contributed by atoms with E-state index >= 15 is 0 Å². The number of carbonyl (C=O) groups excluding carboxylic acids is 1. The van der Waals surface area contributed by atoms with Gasteiger partial charge >= 0.3 is 0 Å². The Morgan fingerprint density at radius 2 is 2.50 bits per heavy atom. The molecule has 0 atom stereocenters. The zero-order valence-electron chi connectivity index (χ0n) is 5.43. The van der Waals surface area contributed by atoms with Crippen LogP contribution in [0.2, 0.25) is 5.35 Å². The van der Waals surface area contributed by atoms with Gasteiger partial charge < -0.3 is 4.42 Å². The van der Waals surface area contributed by atoms with Gasteiger partial charge in [0.25, 0.3) is 5.35 Å². The molecule has 0 aliphatic heterocycles. The molecule has 0 fully saturated rings. The third-order valence-corrected chi connectivity index (χ3v) is 1.30. The van der Waals surface area contributed by atoms with Crippen molar-refractivity contribution in [3.05, 3.63) is 16.8 Å². The van der Waals surface area contributed by atoms with Crippen molar-refractivity contribution in [2.24, 2.45) is 0 Å². The second kappa shape index (κ2) is 2.84. The maximum atomic E-state index is 10.2. The average molecular weight is 160 g/mol. The highest BCUT2D eigenvalue weighted by molar-refractivity contribution is 6.27. The number of oxazole rings is 1. The van der Waals surface area contributed by atoms with Gasteiger partial charge in [-0.15, -0.1) is 0 Å². The van der Waals surface area contributed by atoms with Crippen LogP contribution in [0.15, 0.2) is 4.42 Å². The lowest BCUT2D eigenvalue weighted by Crippen LogP contribution is -1.84. The van der Waals surface area contributed by atoms with Gasteiger partial charge in [-0.05, 0) is 11.6 Å². The third-order valence-electron chi connectivity index (χ3n) is 1.13. The van der Waals surface area contributed by atoms with Crippen LogP contribution in [0.1, 0.15) is 23.2 Å². The highest BCUT2D eigenvalue weighted by Crippen LogP contribution is 2.13. The summed E-state index contributed by atoms with van der Waals surface area (Å²) in [6.45, 7) is 1.86. The lowest BCUT2D eigenvalue weighted by atomic mass is 10.3. The molecule has 0 aliphatic carbocycles. The van der Waals surface area contributed by atoms with Gasteiger partial charge in [0.15, 0.2) is 6.29 Å². The average Bonchev–Trinajstić information content (AvgIpc) is 2.30. The highest BCUT2D eigenvalue weighted by atomic mass is 35.5. The summed E-state index contributed by atoms with van der Waals surface area (Å²) in [5.74, 6) is 0.542. The number of hydrogen-bond acceptors (Lipinski definition) is 3. The maximum absolute atomic E-state index is 10.2. The van der Waals surface area contributed by atoms with Gasteiger partial charge in [0.05, 0.1) is 0 Å². The smallest absolute Gasteiger partial charge is 0.292 e. The summed E-state index contributed by atoms with van der Waals surface area (Å²) in [6.07, 6.45) is 1.27. The second-order valence-corrected chi connectivity index (χ2v) is 2.07. The Morgan fingerprint density at radius 3 is 2.90 bits per heavy atom. The number of carbonyl (C=O) groups is 1. The standard InChI is InChI=1S/C6H6ClNO2/c1-2-5-4(3-9)8-6(7)10-5/h3H,2H2,1H3. The van der Waals surface area contributed by atoms with Gasteiger partial charge in [-0.3, -0.25) is 4.79 Å². The van der Waals surface area contributed by atoms with Crippen molar-refractivity contribution in [1.29, 1.82) is 0 Å². The molecule has 0 bridgehead atoms. The first kappa shape index (κ1) is 7.28. The number of nitrogens with zero attached hydrogens (tertiary/aromatic N) is 1. The van der Waals surface area contributed by atoms with E-state index in [0.717, 1.165) is 0 Å². The summed E-state index contributed by atoms with van der Waals surface area (Å²) in [4.78, 5) is 13.8. The summed E-state index contributed by atoms with van der Waals surface area (Å²) in [6, 6.07) is 0. The molecule has 0 amide bonds. The fourth-order valence-electron chi connectivity index (χ4n) is 0.679. The topological polar surface area (TPSA) is 43.1 Å². The molecule has 54 valence electrons. The molecule has 1 aromatic heterocycles. The van der Waals surface area contributed by atoms with E-state index in [1.807, 2.05) is 6.92 Å². The van der Waals surface area contributed by atoms with Gasteiger partial charge in [0, 0.05) is 6.42 Å². The lowest BCUT2D eigenvalue weighted by Gasteiger charge is -1.83. The molecule has 0 spiro atoms. The summed E-state index contributed by atoms with van der Waals surface area (Å²) < 4.78 is 4.88. The number of rotatable bonds is 2. The largest absolute Gasteiger partial charge is 0.432 e. The van der Waals surface area contributed by atoms with Crippen molar-refractivity contribution in [3.8, 4) is 0 Å². The molecular weight excluding hydrogens is 154 g/mol. The number of hydrogen-bond donors (Lipinski definition) is 0. The predicted octanol–water partition coefficient (Wildman–Crippen LogP) is 1.70. The summed E-state index contributed by atoms with van der Waals surface area (Å²) >= 11 is 5.39. The van der Waals surface area contributed by atoms with E-state index in [9.17, 15) is 4.79 Å². The molecule has 0 aromatic carbocycles. The summed E-state index contributed by atoms with van der Waals surface area (Å²) in [5.41, 5.74) is 0.299. The molecule has 0 unspecified atom stereocenters. The minimum absolute atomic E-state index is 0.0268. The first-order chi connectivity index (χ1) is 4.77. The molecular formula is C6H6ClNO2. The second-order valence-electron chi connectivity index (χ2n) is 1.75. The Kier molecular flexibility index (Phi) is 2.06. The van der Waals surface area contributed by atoms with Gasteiger partial charge in [-0.2, -0.15) is 4.98 Å². The van der Waals surface area contributed by atoms with Crippen LogP contribution in [0, 0.1) is 0 Å². The Labute approximate surface area is 63.0 Å². The summed E-state index contributed by atoms with van der Waals surface area (Å²) in [5, 5.41) is 0.0268. The van der Waals surface area contributed by atoms with Crippen molar-refractivity contribution in [2.45, 2.75) is 13.3 Å². The van der Waals surface area contributed by atoms with Crippen LogP contribution in [-0.2, 0) is 6.42 Å². The zero-order valence-corrected chi connectivity index (χ0v) is 6.18. The lowest BCUT2D eigenvalue weighted by molar-refractivity contribution is 0.111. The first-order valence-corrected chi connectivity index (χ1v) is 3.26. The zero-order chi connectivity index (χ0) is 7.56. The van der Waals surface area contributed by atoms with Crippen molar-refractivity contribution >= 4 is 17.9 Å². The van der Waals surface area contributed by atoms with Crippen LogP contribution in [0.3, 0.4) is 0 Å². The molecule has 0 N–H and O–H groups in total. The maximum Gasteiger partial charge on any atom is 0.292 e. The normalized spacial score (nSPS) is 9.80. The van der Waals surface area contributed by atoms with Crippen molar-refractivity contribution in [2.75, 3.05) is 0 Å². The molecule has 0 saturated heterocycles. The Balaban J connectivity index is 3.08. The van der Waals surface area contributed by atoms with E-state index in [0.29, 0.717) is 24.2 Å². The Bertz CT molecular complexity index is 244. The van der Waals surface area contributed by atoms with Crippen LogP contribution in [0.5, 0.6) is 0 Å². The fraction of sp³-hybridized carbons (Fsp3) is 0.333. The van der Waals surface area contributed by atoms with Crippen LogP contribution in [0.25, 0.3) is 0 Å². The van der Waals surface area contributed by atoms with Gasteiger partial charge in [0.1, 0.15) is 11.5 Å². The van der Waals surface area contributed by atoms with E-state index in [4.69, 9.17) is 16.0 Å². The predicted molar refractivity (Wildman–Crippen MR) is 36.3 cm³/mol. The van der Waals surface area contributed by atoms with Crippen molar-refractivity contribution in [3.63, 3.8) is 0 Å². The minimum atomic E-state index is 0.0268. The number of aryl methyl sites for hydroxylation is 1. The van der Waals surface area contributed by atoms with E-state index < -0.39 is 0 Å². The van der Waals surface area contributed by atoms with E-state index in [1.165, 1.54) is 0 Å². The van der Waals surface area contributed by atoms with E-state index in [2.05, 4.69) is 4.98 Å². The number of aldehydes is 1. The SMILES string of the molecule is CCc1oc(Cl)nc1C=O. The number of halogens is 1.